The van der Waals surface area contributed by atoms with Crippen molar-refractivity contribution < 1.29 is 9.53 Å². The van der Waals surface area contributed by atoms with Crippen LogP contribution in [0.1, 0.15) is 36.5 Å². The minimum Gasteiger partial charge on any atom is -0.491 e. The zero-order valence-electron chi connectivity index (χ0n) is 13.2. The summed E-state index contributed by atoms with van der Waals surface area (Å²) in [6.45, 7) is 6.07. The highest BCUT2D eigenvalue weighted by atomic mass is 16.5. The highest BCUT2D eigenvalue weighted by Crippen LogP contribution is 2.35. The van der Waals surface area contributed by atoms with E-state index in [2.05, 4.69) is 18.3 Å². The Labute approximate surface area is 131 Å². The van der Waals surface area contributed by atoms with Crippen molar-refractivity contribution in [2.75, 3.05) is 5.32 Å². The molecule has 0 aliphatic carbocycles. The number of nitrogens with one attached hydrogen (secondary N) is 1. The summed E-state index contributed by atoms with van der Waals surface area (Å²) in [7, 11) is 0. The number of hydrogen-bond donors (Lipinski definition) is 1. The summed E-state index contributed by atoms with van der Waals surface area (Å²) < 4.78 is 5.65. The summed E-state index contributed by atoms with van der Waals surface area (Å²) in [4.78, 5) is 12.2. The first kappa shape index (κ1) is 14.6. The number of amides is 1. The minimum atomic E-state index is -0.105. The Morgan fingerprint density at radius 3 is 2.55 bits per heavy atom. The summed E-state index contributed by atoms with van der Waals surface area (Å²) in [5.41, 5.74) is 4.37. The average Bonchev–Trinajstić information content (AvgIpc) is 2.76. The molecular weight excluding hydrogens is 274 g/mol. The van der Waals surface area contributed by atoms with E-state index in [1.54, 1.807) is 0 Å². The van der Waals surface area contributed by atoms with E-state index >= 15 is 0 Å². The quantitative estimate of drug-likeness (QED) is 0.923. The molecule has 1 N–H and O–H groups in total. The molecule has 0 saturated carbocycles. The standard InChI is InChI=1S/C19H21NO2/c1-12(2)22-15-7-5-14(6-8-15)11-17-16-10-13(3)4-9-18(16)20-19(17)21/h4-10,12,17H,11H2,1-3H3,(H,20,21). The first-order valence-corrected chi connectivity index (χ1v) is 7.70. The summed E-state index contributed by atoms with van der Waals surface area (Å²) in [5, 5.41) is 2.97. The van der Waals surface area contributed by atoms with Crippen LogP contribution in [0.2, 0.25) is 0 Å². The van der Waals surface area contributed by atoms with E-state index in [0.717, 1.165) is 22.6 Å². The van der Waals surface area contributed by atoms with E-state index in [4.69, 9.17) is 4.74 Å². The maximum Gasteiger partial charge on any atom is 0.232 e. The van der Waals surface area contributed by atoms with Crippen LogP contribution >= 0.6 is 0 Å². The van der Waals surface area contributed by atoms with E-state index in [0.29, 0.717) is 6.42 Å². The zero-order chi connectivity index (χ0) is 15.7. The Balaban J connectivity index is 1.79. The van der Waals surface area contributed by atoms with Crippen LogP contribution in [0.4, 0.5) is 5.69 Å². The average molecular weight is 295 g/mol. The second-order valence-electron chi connectivity index (χ2n) is 6.15. The molecule has 1 atom stereocenters. The second-order valence-corrected chi connectivity index (χ2v) is 6.15. The number of carbonyl (C=O) groups excluding carboxylic acids is 1. The Bertz CT molecular complexity index is 689. The van der Waals surface area contributed by atoms with E-state index in [1.165, 1.54) is 5.56 Å². The van der Waals surface area contributed by atoms with Gasteiger partial charge in [-0.25, -0.2) is 0 Å². The predicted molar refractivity (Wildman–Crippen MR) is 88.5 cm³/mol. The molecule has 0 spiro atoms. The Morgan fingerprint density at radius 1 is 1.14 bits per heavy atom. The van der Waals surface area contributed by atoms with Gasteiger partial charge >= 0.3 is 0 Å². The fourth-order valence-electron chi connectivity index (χ4n) is 2.86. The number of hydrogen-bond acceptors (Lipinski definition) is 2. The summed E-state index contributed by atoms with van der Waals surface area (Å²) in [5.74, 6) is 0.848. The third kappa shape index (κ3) is 2.98. The topological polar surface area (TPSA) is 38.3 Å². The molecule has 1 heterocycles. The number of rotatable bonds is 4. The van der Waals surface area contributed by atoms with Crippen molar-refractivity contribution in [2.45, 2.75) is 39.2 Å². The maximum absolute atomic E-state index is 12.2. The van der Waals surface area contributed by atoms with Crippen molar-refractivity contribution in [1.29, 1.82) is 0 Å². The summed E-state index contributed by atoms with van der Waals surface area (Å²) in [6, 6.07) is 14.1. The fourth-order valence-corrected chi connectivity index (χ4v) is 2.86. The number of benzene rings is 2. The van der Waals surface area contributed by atoms with Gasteiger partial charge < -0.3 is 10.1 Å². The molecule has 0 fully saturated rings. The summed E-state index contributed by atoms with van der Waals surface area (Å²) >= 11 is 0. The van der Waals surface area contributed by atoms with Gasteiger partial charge in [0.15, 0.2) is 0 Å². The highest BCUT2D eigenvalue weighted by Gasteiger charge is 2.30. The van der Waals surface area contributed by atoms with Gasteiger partial charge in [-0.15, -0.1) is 0 Å². The van der Waals surface area contributed by atoms with Gasteiger partial charge in [-0.3, -0.25) is 4.79 Å². The Hall–Kier alpha value is -2.29. The van der Waals surface area contributed by atoms with Crippen LogP contribution in [-0.4, -0.2) is 12.0 Å². The van der Waals surface area contributed by atoms with E-state index in [-0.39, 0.29) is 17.9 Å². The van der Waals surface area contributed by atoms with Crippen LogP contribution in [0.5, 0.6) is 5.75 Å². The molecule has 2 aromatic carbocycles. The molecule has 1 aliphatic heterocycles. The molecule has 114 valence electrons. The van der Waals surface area contributed by atoms with Crippen LogP contribution in [0, 0.1) is 6.92 Å². The number of aryl methyl sites for hydroxylation is 1. The molecule has 1 amide bonds. The second kappa shape index (κ2) is 5.84. The minimum absolute atomic E-state index is 0.0862. The molecule has 3 nitrogen and oxygen atoms in total. The van der Waals surface area contributed by atoms with Gasteiger partial charge in [-0.2, -0.15) is 0 Å². The lowest BCUT2D eigenvalue weighted by Gasteiger charge is -2.12. The highest BCUT2D eigenvalue weighted by molar-refractivity contribution is 6.03. The zero-order valence-corrected chi connectivity index (χ0v) is 13.2. The van der Waals surface area contributed by atoms with Crippen molar-refractivity contribution in [3.8, 4) is 5.75 Å². The Kier molecular flexibility index (Phi) is 3.88. The van der Waals surface area contributed by atoms with Gasteiger partial charge in [0.05, 0.1) is 12.0 Å². The van der Waals surface area contributed by atoms with Gasteiger partial charge in [0.1, 0.15) is 5.75 Å². The lowest BCUT2D eigenvalue weighted by Crippen LogP contribution is -2.14. The van der Waals surface area contributed by atoms with Crippen molar-refractivity contribution >= 4 is 11.6 Å². The summed E-state index contributed by atoms with van der Waals surface area (Å²) in [6.07, 6.45) is 0.880. The van der Waals surface area contributed by atoms with Crippen molar-refractivity contribution in [3.05, 3.63) is 59.2 Å². The van der Waals surface area contributed by atoms with Crippen LogP contribution in [0.25, 0.3) is 0 Å². The molecule has 0 radical (unpaired) electrons. The number of carbonyl (C=O) groups is 1. The van der Waals surface area contributed by atoms with Gasteiger partial charge in [-0.05, 0) is 56.5 Å². The normalized spacial score (nSPS) is 16.5. The molecule has 3 rings (SSSR count). The number of anilines is 1. The predicted octanol–water partition coefficient (Wildman–Crippen LogP) is 4.06. The van der Waals surface area contributed by atoms with E-state index < -0.39 is 0 Å². The molecule has 0 aromatic heterocycles. The molecule has 0 saturated heterocycles. The third-order valence-electron chi connectivity index (χ3n) is 3.89. The number of fused-ring (bicyclic) bond motifs is 1. The maximum atomic E-state index is 12.2. The molecule has 0 bridgehead atoms. The number of ether oxygens (including phenoxy) is 1. The van der Waals surface area contributed by atoms with E-state index in [9.17, 15) is 4.79 Å². The van der Waals surface area contributed by atoms with Crippen molar-refractivity contribution in [1.82, 2.24) is 0 Å². The van der Waals surface area contributed by atoms with Crippen LogP contribution in [-0.2, 0) is 11.2 Å². The monoisotopic (exact) mass is 295 g/mol. The van der Waals surface area contributed by atoms with Gasteiger partial charge in [-0.1, -0.05) is 29.8 Å². The lowest BCUT2D eigenvalue weighted by molar-refractivity contribution is -0.117. The van der Waals surface area contributed by atoms with Crippen molar-refractivity contribution in [3.63, 3.8) is 0 Å². The molecule has 22 heavy (non-hydrogen) atoms. The van der Waals surface area contributed by atoms with E-state index in [1.807, 2.05) is 50.2 Å². The lowest BCUT2D eigenvalue weighted by atomic mass is 9.92. The smallest absolute Gasteiger partial charge is 0.232 e. The van der Waals surface area contributed by atoms with Gasteiger partial charge in [0.25, 0.3) is 0 Å². The van der Waals surface area contributed by atoms with Gasteiger partial charge in [0, 0.05) is 5.69 Å². The first-order chi connectivity index (χ1) is 10.5. The Morgan fingerprint density at radius 2 is 1.86 bits per heavy atom. The van der Waals surface area contributed by atoms with Crippen LogP contribution in [0.15, 0.2) is 42.5 Å². The fraction of sp³-hybridized carbons (Fsp3) is 0.316. The van der Waals surface area contributed by atoms with Crippen LogP contribution in [0.3, 0.4) is 0 Å². The first-order valence-electron chi connectivity index (χ1n) is 7.70. The molecular formula is C19H21NO2. The van der Waals surface area contributed by atoms with Crippen molar-refractivity contribution in [2.24, 2.45) is 0 Å². The van der Waals surface area contributed by atoms with Crippen LogP contribution < -0.4 is 10.1 Å². The largest absolute Gasteiger partial charge is 0.491 e. The molecule has 1 unspecified atom stereocenters. The molecule has 2 aromatic rings. The SMILES string of the molecule is Cc1ccc2c(c1)C(Cc1ccc(OC(C)C)cc1)C(=O)N2. The molecule has 1 aliphatic rings. The van der Waals surface area contributed by atoms with Gasteiger partial charge in [0.2, 0.25) is 5.91 Å². The molecule has 3 heteroatoms. The third-order valence-corrected chi connectivity index (χ3v) is 3.89.